The number of ketones is 2. The van der Waals surface area contributed by atoms with Crippen molar-refractivity contribution in [3.05, 3.63) is 51.5 Å². The summed E-state index contributed by atoms with van der Waals surface area (Å²) < 4.78 is 31.3. The maximum Gasteiger partial charge on any atom is 0.295 e. The molecule has 19 heavy (non-hydrogen) atoms. The molecule has 1 aliphatic carbocycles. The largest absolute Gasteiger partial charge is 0.295 e. The van der Waals surface area contributed by atoms with Crippen molar-refractivity contribution in [2.45, 2.75) is 4.90 Å². The summed E-state index contributed by atoms with van der Waals surface area (Å²) in [5.41, 5.74) is 7.19. The molecule has 1 aliphatic rings. The van der Waals surface area contributed by atoms with Gasteiger partial charge in [-0.2, -0.15) is 8.42 Å². The molecule has 0 unspecified atom stereocenters. The van der Waals surface area contributed by atoms with Crippen molar-refractivity contribution >= 4 is 21.7 Å². The lowest BCUT2D eigenvalue weighted by molar-refractivity contribution is 0.0981. The van der Waals surface area contributed by atoms with Gasteiger partial charge in [-0.25, -0.2) is 0 Å². The van der Waals surface area contributed by atoms with Gasteiger partial charge in [0.15, 0.2) is 11.6 Å². The van der Waals surface area contributed by atoms with Gasteiger partial charge in [0.1, 0.15) is 4.90 Å². The molecule has 0 saturated carbocycles. The van der Waals surface area contributed by atoms with Gasteiger partial charge in [0.2, 0.25) is 0 Å². The highest BCUT2D eigenvalue weighted by molar-refractivity contribution is 7.86. The molecule has 0 saturated heterocycles. The van der Waals surface area contributed by atoms with E-state index in [0.29, 0.717) is 0 Å². The summed E-state index contributed by atoms with van der Waals surface area (Å²) in [6.45, 7) is 0. The second kappa shape index (κ2) is 4.32. The summed E-state index contributed by atoms with van der Waals surface area (Å²) in [6, 6.07) is 3.42. The zero-order valence-electron chi connectivity index (χ0n) is 9.14. The number of rotatable bonds is 2. The number of azide groups is 1. The van der Waals surface area contributed by atoms with Crippen molar-refractivity contribution in [3.8, 4) is 0 Å². The summed E-state index contributed by atoms with van der Waals surface area (Å²) in [7, 11) is -4.64. The lowest BCUT2D eigenvalue weighted by atomic mass is 9.93. The van der Waals surface area contributed by atoms with Crippen LogP contribution in [-0.4, -0.2) is 24.5 Å². The van der Waals surface area contributed by atoms with Gasteiger partial charge in [-0.1, -0.05) is 17.2 Å². The van der Waals surface area contributed by atoms with Gasteiger partial charge in [-0.15, -0.1) is 0 Å². The molecule has 1 aromatic rings. The van der Waals surface area contributed by atoms with Gasteiger partial charge < -0.3 is 0 Å². The van der Waals surface area contributed by atoms with Crippen molar-refractivity contribution in [1.29, 1.82) is 0 Å². The second-order valence-electron chi connectivity index (χ2n) is 3.57. The molecular formula is C10H5N3O5S. The minimum atomic E-state index is -4.64. The molecule has 2 rings (SSSR count). The fourth-order valence-corrected chi connectivity index (χ4v) is 2.43. The fraction of sp³-hybridized carbons (Fsp3) is 0. The number of allylic oxidation sites excluding steroid dienone is 2. The normalized spacial score (nSPS) is 14.5. The molecule has 9 heteroatoms. The molecule has 8 nitrogen and oxygen atoms in total. The van der Waals surface area contributed by atoms with Crippen LogP contribution in [0.1, 0.15) is 20.7 Å². The zero-order chi connectivity index (χ0) is 14.2. The van der Waals surface area contributed by atoms with Crippen molar-refractivity contribution in [2.75, 3.05) is 0 Å². The molecule has 96 valence electrons. The summed E-state index contributed by atoms with van der Waals surface area (Å²) in [5, 5.41) is 3.07. The first-order valence-electron chi connectivity index (χ1n) is 4.82. The van der Waals surface area contributed by atoms with E-state index in [1.54, 1.807) is 0 Å². The van der Waals surface area contributed by atoms with Gasteiger partial charge in [0.05, 0.1) is 11.3 Å². The van der Waals surface area contributed by atoms with Crippen LogP contribution in [0.5, 0.6) is 0 Å². The Morgan fingerprint density at radius 1 is 1.26 bits per heavy atom. The molecule has 0 heterocycles. The number of carbonyl (C=O) groups is 2. The average molecular weight is 279 g/mol. The monoisotopic (exact) mass is 279 g/mol. The molecule has 0 fully saturated rings. The molecule has 0 aromatic heterocycles. The van der Waals surface area contributed by atoms with E-state index in [2.05, 4.69) is 10.0 Å². The Morgan fingerprint density at radius 2 is 1.95 bits per heavy atom. The Balaban J connectivity index is 2.79. The summed E-state index contributed by atoms with van der Waals surface area (Å²) >= 11 is 0. The van der Waals surface area contributed by atoms with Gasteiger partial charge in [-0.05, 0) is 17.7 Å². The van der Waals surface area contributed by atoms with E-state index in [1.165, 1.54) is 12.1 Å². The molecule has 0 aliphatic heterocycles. The van der Waals surface area contributed by atoms with Crippen molar-refractivity contribution < 1.29 is 22.6 Å². The second-order valence-corrected chi connectivity index (χ2v) is 4.96. The van der Waals surface area contributed by atoms with Crippen LogP contribution in [-0.2, 0) is 10.1 Å². The van der Waals surface area contributed by atoms with Crippen LogP contribution in [0.2, 0.25) is 0 Å². The lowest BCUT2D eigenvalue weighted by Crippen LogP contribution is -2.19. The van der Waals surface area contributed by atoms with E-state index in [9.17, 15) is 18.0 Å². The number of hydrogen-bond donors (Lipinski definition) is 1. The van der Waals surface area contributed by atoms with Crippen LogP contribution in [0.25, 0.3) is 10.4 Å². The van der Waals surface area contributed by atoms with Crippen molar-refractivity contribution in [1.82, 2.24) is 0 Å². The molecule has 0 atom stereocenters. The van der Waals surface area contributed by atoms with Gasteiger partial charge in [0.25, 0.3) is 10.1 Å². The van der Waals surface area contributed by atoms with Crippen LogP contribution in [0, 0.1) is 0 Å². The topological polar surface area (TPSA) is 137 Å². The predicted molar refractivity (Wildman–Crippen MR) is 62.1 cm³/mol. The van der Waals surface area contributed by atoms with Crippen LogP contribution >= 0.6 is 0 Å². The SMILES string of the molecule is [N-]=[N+]=NC1=CC(=O)c2c(cccc2S(=O)(=O)O)C1=O. The number of carbonyl (C=O) groups excluding carboxylic acids is 2. The Bertz CT molecular complexity index is 787. The van der Waals surface area contributed by atoms with Crippen LogP contribution < -0.4 is 0 Å². The minimum absolute atomic E-state index is 0.231. The number of benzene rings is 1. The van der Waals surface area contributed by atoms with Crippen molar-refractivity contribution in [2.24, 2.45) is 5.11 Å². The van der Waals surface area contributed by atoms with E-state index >= 15 is 0 Å². The number of nitrogens with zero attached hydrogens (tertiary/aromatic N) is 3. The number of Topliss-reactive ketones (excluding diaryl/α,β-unsaturated/α-hetero) is 1. The molecule has 0 spiro atoms. The van der Waals surface area contributed by atoms with Gasteiger partial charge in [-0.3, -0.25) is 14.1 Å². The van der Waals surface area contributed by atoms with Crippen LogP contribution in [0.3, 0.4) is 0 Å². The highest BCUT2D eigenvalue weighted by Gasteiger charge is 2.30. The van der Waals surface area contributed by atoms with Crippen LogP contribution in [0.15, 0.2) is 40.0 Å². The zero-order valence-corrected chi connectivity index (χ0v) is 9.96. The minimum Gasteiger partial charge on any atom is -0.289 e. The maximum absolute atomic E-state index is 11.9. The first-order valence-corrected chi connectivity index (χ1v) is 6.26. The lowest BCUT2D eigenvalue weighted by Gasteiger charge is -2.14. The molecule has 0 amide bonds. The fourth-order valence-electron chi connectivity index (χ4n) is 1.71. The maximum atomic E-state index is 11.9. The highest BCUT2D eigenvalue weighted by atomic mass is 32.2. The summed E-state index contributed by atoms with van der Waals surface area (Å²) in [5.74, 6) is -1.61. The van der Waals surface area contributed by atoms with E-state index in [-0.39, 0.29) is 5.56 Å². The van der Waals surface area contributed by atoms with Crippen molar-refractivity contribution in [3.63, 3.8) is 0 Å². The Hall–Kier alpha value is -2.48. The number of hydrogen-bond acceptors (Lipinski definition) is 5. The third-order valence-corrected chi connectivity index (χ3v) is 3.34. The predicted octanol–water partition coefficient (Wildman–Crippen LogP) is 1.51. The Kier molecular flexibility index (Phi) is 2.95. The Labute approximate surface area is 106 Å². The molecule has 0 bridgehead atoms. The first-order chi connectivity index (χ1) is 8.86. The standard InChI is InChI=1S/C10H5N3O5S/c11-13-12-6-4-7(14)9-5(10(6)15)2-1-3-8(9)19(16,17)18/h1-4H,(H,16,17,18). The average Bonchev–Trinajstić information content (AvgIpc) is 2.34. The smallest absolute Gasteiger partial charge is 0.289 e. The van der Waals surface area contributed by atoms with E-state index < -0.39 is 37.8 Å². The van der Waals surface area contributed by atoms with E-state index in [4.69, 9.17) is 10.1 Å². The quantitative estimate of drug-likeness (QED) is 0.378. The molecular weight excluding hydrogens is 274 g/mol. The van der Waals surface area contributed by atoms with Gasteiger partial charge >= 0.3 is 0 Å². The summed E-state index contributed by atoms with van der Waals surface area (Å²) in [4.78, 5) is 25.4. The third kappa shape index (κ3) is 2.13. The van der Waals surface area contributed by atoms with Crippen LogP contribution in [0.4, 0.5) is 0 Å². The van der Waals surface area contributed by atoms with E-state index in [1.807, 2.05) is 0 Å². The van der Waals surface area contributed by atoms with E-state index in [0.717, 1.165) is 12.1 Å². The third-order valence-electron chi connectivity index (χ3n) is 2.45. The molecule has 1 aromatic carbocycles. The Morgan fingerprint density at radius 3 is 2.53 bits per heavy atom. The molecule has 1 N–H and O–H groups in total. The highest BCUT2D eigenvalue weighted by Crippen LogP contribution is 2.27. The molecule has 0 radical (unpaired) electrons. The number of fused-ring (bicyclic) bond motifs is 1. The first kappa shape index (κ1) is 13.0. The summed E-state index contributed by atoms with van der Waals surface area (Å²) in [6.07, 6.45) is 0.735. The van der Waals surface area contributed by atoms with Gasteiger partial charge in [0, 0.05) is 10.5 Å².